The second-order valence-electron chi connectivity index (χ2n) is 5.85. The largest absolute Gasteiger partial charge is 0.243 e. The van der Waals surface area contributed by atoms with Gasteiger partial charge in [0.1, 0.15) is 0 Å². The van der Waals surface area contributed by atoms with Crippen molar-refractivity contribution in [2.24, 2.45) is 5.41 Å². The Morgan fingerprint density at radius 3 is 2.42 bits per heavy atom. The molecule has 0 aliphatic carbocycles. The van der Waals surface area contributed by atoms with Crippen LogP contribution in [0.4, 0.5) is 0 Å². The lowest BCUT2D eigenvalue weighted by Crippen LogP contribution is -2.39. The maximum atomic E-state index is 12.7. The minimum Gasteiger partial charge on any atom is -0.207 e. The summed E-state index contributed by atoms with van der Waals surface area (Å²) in [7, 11) is -3.43. The van der Waals surface area contributed by atoms with Gasteiger partial charge >= 0.3 is 0 Å². The molecule has 1 aliphatic heterocycles. The Bertz CT molecular complexity index is 573. The van der Waals surface area contributed by atoms with Gasteiger partial charge in [-0.1, -0.05) is 37.6 Å². The highest BCUT2D eigenvalue weighted by atomic mass is 32.2. The molecule has 2 rings (SSSR count). The van der Waals surface area contributed by atoms with Gasteiger partial charge in [0.25, 0.3) is 0 Å². The SMILES string of the molecule is C=C[C@@H]1N(S(=O)(=O)c2ccc(C)cc2)CCC1(C)C. The number of hydrogen-bond acceptors (Lipinski definition) is 2. The van der Waals surface area contributed by atoms with E-state index >= 15 is 0 Å². The van der Waals surface area contributed by atoms with Crippen LogP contribution in [0.2, 0.25) is 0 Å². The molecule has 1 aromatic carbocycles. The van der Waals surface area contributed by atoms with Gasteiger partial charge in [0.2, 0.25) is 10.0 Å². The highest BCUT2D eigenvalue weighted by Gasteiger charge is 2.44. The van der Waals surface area contributed by atoms with Crippen LogP contribution in [0.5, 0.6) is 0 Å². The van der Waals surface area contributed by atoms with E-state index in [1.807, 2.05) is 19.1 Å². The number of nitrogens with zero attached hydrogens (tertiary/aromatic N) is 1. The topological polar surface area (TPSA) is 37.4 Å². The van der Waals surface area contributed by atoms with E-state index in [2.05, 4.69) is 20.4 Å². The molecule has 19 heavy (non-hydrogen) atoms. The average Bonchev–Trinajstić information content (AvgIpc) is 2.65. The Morgan fingerprint density at radius 1 is 1.32 bits per heavy atom. The van der Waals surface area contributed by atoms with Crippen molar-refractivity contribution in [1.82, 2.24) is 4.31 Å². The molecule has 1 heterocycles. The van der Waals surface area contributed by atoms with Gasteiger partial charge in [-0.05, 0) is 30.9 Å². The van der Waals surface area contributed by atoms with Gasteiger partial charge in [-0.2, -0.15) is 4.31 Å². The molecule has 0 radical (unpaired) electrons. The maximum Gasteiger partial charge on any atom is 0.243 e. The third-order valence-corrected chi connectivity index (χ3v) is 5.83. The van der Waals surface area contributed by atoms with Crippen molar-refractivity contribution in [1.29, 1.82) is 0 Å². The Hall–Kier alpha value is -1.13. The zero-order valence-electron chi connectivity index (χ0n) is 11.8. The predicted molar refractivity (Wildman–Crippen MR) is 77.5 cm³/mol. The number of rotatable bonds is 3. The van der Waals surface area contributed by atoms with Crippen molar-refractivity contribution in [2.45, 2.75) is 38.1 Å². The van der Waals surface area contributed by atoms with E-state index in [0.717, 1.165) is 12.0 Å². The van der Waals surface area contributed by atoms with Crippen molar-refractivity contribution < 1.29 is 8.42 Å². The number of aryl methyl sites for hydroxylation is 1. The minimum atomic E-state index is -3.43. The van der Waals surface area contributed by atoms with Crippen LogP contribution in [0.3, 0.4) is 0 Å². The van der Waals surface area contributed by atoms with Gasteiger partial charge in [0, 0.05) is 12.6 Å². The molecular formula is C15H21NO2S. The Labute approximate surface area is 116 Å². The first-order chi connectivity index (χ1) is 8.79. The zero-order valence-corrected chi connectivity index (χ0v) is 12.6. The molecule has 0 amide bonds. The minimum absolute atomic E-state index is 0.0560. The fraction of sp³-hybridized carbons (Fsp3) is 0.467. The van der Waals surface area contributed by atoms with Crippen molar-refractivity contribution >= 4 is 10.0 Å². The fourth-order valence-corrected chi connectivity index (χ4v) is 4.38. The van der Waals surface area contributed by atoms with Crippen LogP contribution in [-0.2, 0) is 10.0 Å². The molecule has 0 saturated carbocycles. The zero-order chi connectivity index (χ0) is 14.3. The molecule has 4 heteroatoms. The van der Waals surface area contributed by atoms with Gasteiger partial charge in [0.05, 0.1) is 4.90 Å². The molecule has 1 aliphatic rings. The van der Waals surface area contributed by atoms with Crippen LogP contribution in [0.1, 0.15) is 25.8 Å². The number of benzene rings is 1. The van der Waals surface area contributed by atoms with E-state index in [0.29, 0.717) is 11.4 Å². The van der Waals surface area contributed by atoms with Crippen molar-refractivity contribution in [3.05, 3.63) is 42.5 Å². The highest BCUT2D eigenvalue weighted by molar-refractivity contribution is 7.89. The van der Waals surface area contributed by atoms with Gasteiger partial charge < -0.3 is 0 Å². The molecule has 0 unspecified atom stereocenters. The second kappa shape index (κ2) is 4.76. The van der Waals surface area contributed by atoms with E-state index in [9.17, 15) is 8.42 Å². The summed E-state index contributed by atoms with van der Waals surface area (Å²) in [5, 5.41) is 0. The molecule has 1 atom stereocenters. The summed E-state index contributed by atoms with van der Waals surface area (Å²) in [6, 6.07) is 6.87. The van der Waals surface area contributed by atoms with E-state index in [-0.39, 0.29) is 11.5 Å². The molecule has 0 aromatic heterocycles. The Kier molecular flexibility index (Phi) is 3.58. The summed E-state index contributed by atoms with van der Waals surface area (Å²) in [4.78, 5) is 0.364. The molecule has 1 saturated heterocycles. The summed E-state index contributed by atoms with van der Waals surface area (Å²) >= 11 is 0. The lowest BCUT2D eigenvalue weighted by molar-refractivity contribution is 0.305. The predicted octanol–water partition coefficient (Wildman–Crippen LogP) is 2.97. The van der Waals surface area contributed by atoms with Gasteiger partial charge in [-0.15, -0.1) is 6.58 Å². The fourth-order valence-electron chi connectivity index (χ4n) is 2.63. The first-order valence-electron chi connectivity index (χ1n) is 6.50. The Morgan fingerprint density at radius 2 is 1.89 bits per heavy atom. The number of sulfonamides is 1. The lowest BCUT2D eigenvalue weighted by Gasteiger charge is -2.29. The normalized spacial score (nSPS) is 23.4. The van der Waals surface area contributed by atoms with Crippen LogP contribution in [0.25, 0.3) is 0 Å². The van der Waals surface area contributed by atoms with E-state index < -0.39 is 10.0 Å². The van der Waals surface area contributed by atoms with Crippen LogP contribution in [-0.4, -0.2) is 25.3 Å². The standard InChI is InChI=1S/C15H21NO2S/c1-5-14-15(3,4)10-11-16(14)19(17,18)13-8-6-12(2)7-9-13/h5-9,14H,1,10-11H2,2-4H3/t14-/m0/s1. The van der Waals surface area contributed by atoms with Gasteiger partial charge in [-0.3, -0.25) is 0 Å². The van der Waals surface area contributed by atoms with E-state index in [4.69, 9.17) is 0 Å². The van der Waals surface area contributed by atoms with E-state index in [1.54, 1.807) is 22.5 Å². The van der Waals surface area contributed by atoms with Crippen LogP contribution >= 0.6 is 0 Å². The van der Waals surface area contributed by atoms with E-state index in [1.165, 1.54) is 0 Å². The van der Waals surface area contributed by atoms with Crippen molar-refractivity contribution in [3.8, 4) is 0 Å². The third kappa shape index (κ3) is 2.47. The summed E-state index contributed by atoms with van der Waals surface area (Å²) in [5.41, 5.74) is 1.00. The van der Waals surface area contributed by atoms with Gasteiger partial charge in [0.15, 0.2) is 0 Å². The van der Waals surface area contributed by atoms with Gasteiger partial charge in [-0.25, -0.2) is 8.42 Å². The molecule has 104 valence electrons. The molecule has 0 bridgehead atoms. The lowest BCUT2D eigenvalue weighted by atomic mass is 9.85. The second-order valence-corrected chi connectivity index (χ2v) is 7.74. The first-order valence-corrected chi connectivity index (χ1v) is 7.94. The summed E-state index contributed by atoms with van der Waals surface area (Å²) in [6.07, 6.45) is 2.60. The summed E-state index contributed by atoms with van der Waals surface area (Å²) in [6.45, 7) is 10.5. The monoisotopic (exact) mass is 279 g/mol. The Balaban J connectivity index is 2.40. The van der Waals surface area contributed by atoms with Crippen LogP contribution in [0.15, 0.2) is 41.8 Å². The quantitative estimate of drug-likeness (QED) is 0.798. The third-order valence-electron chi connectivity index (χ3n) is 3.94. The summed E-state index contributed by atoms with van der Waals surface area (Å²) < 4.78 is 26.9. The molecule has 1 aromatic rings. The first kappa shape index (κ1) is 14.3. The van der Waals surface area contributed by atoms with Crippen molar-refractivity contribution in [2.75, 3.05) is 6.54 Å². The molecule has 3 nitrogen and oxygen atoms in total. The molecule has 1 fully saturated rings. The summed E-state index contributed by atoms with van der Waals surface area (Å²) in [5.74, 6) is 0. The highest BCUT2D eigenvalue weighted by Crippen LogP contribution is 2.39. The maximum absolute atomic E-state index is 12.7. The molecular weight excluding hydrogens is 258 g/mol. The van der Waals surface area contributed by atoms with Crippen LogP contribution < -0.4 is 0 Å². The number of hydrogen-bond donors (Lipinski definition) is 0. The van der Waals surface area contributed by atoms with Crippen molar-refractivity contribution in [3.63, 3.8) is 0 Å². The molecule has 0 spiro atoms. The molecule has 0 N–H and O–H groups in total. The smallest absolute Gasteiger partial charge is 0.207 e. The average molecular weight is 279 g/mol. The van der Waals surface area contributed by atoms with Crippen LogP contribution in [0, 0.1) is 12.3 Å².